The number of nitrogens with two attached hydrogens (primary N) is 2. The summed E-state index contributed by atoms with van der Waals surface area (Å²) < 4.78 is 0. The van der Waals surface area contributed by atoms with E-state index in [1.807, 2.05) is 18.7 Å². The summed E-state index contributed by atoms with van der Waals surface area (Å²) in [5.74, 6) is 0.421. The molecule has 18 heavy (non-hydrogen) atoms. The quantitative estimate of drug-likeness (QED) is 0.653. The molecule has 0 aliphatic carbocycles. The topological polar surface area (TPSA) is 101 Å². The van der Waals surface area contributed by atoms with Gasteiger partial charge in [0.2, 0.25) is 5.91 Å². The number of piperidine rings is 1. The summed E-state index contributed by atoms with van der Waals surface area (Å²) in [6.45, 7) is 5.82. The highest BCUT2D eigenvalue weighted by Crippen LogP contribution is 2.17. The van der Waals surface area contributed by atoms with Crippen LogP contribution < -0.4 is 16.8 Å². The number of urea groups is 1. The van der Waals surface area contributed by atoms with Gasteiger partial charge in [-0.15, -0.1) is 0 Å². The lowest BCUT2D eigenvalue weighted by Crippen LogP contribution is -2.51. The van der Waals surface area contributed by atoms with Crippen molar-refractivity contribution in [1.29, 1.82) is 0 Å². The SMILES string of the molecule is CC(C)[C@H](N)C(=O)N1CCCC(CNC(N)=O)C1. The molecule has 1 saturated heterocycles. The van der Waals surface area contributed by atoms with Crippen LogP contribution in [0.2, 0.25) is 0 Å². The number of nitrogens with zero attached hydrogens (tertiary/aromatic N) is 1. The molecule has 0 aromatic rings. The van der Waals surface area contributed by atoms with Crippen LogP contribution in [0.4, 0.5) is 4.79 Å². The van der Waals surface area contributed by atoms with Gasteiger partial charge in [-0.2, -0.15) is 0 Å². The van der Waals surface area contributed by atoms with Crippen LogP contribution in [-0.4, -0.2) is 42.5 Å². The van der Waals surface area contributed by atoms with Crippen molar-refractivity contribution in [1.82, 2.24) is 10.2 Å². The van der Waals surface area contributed by atoms with E-state index in [2.05, 4.69) is 5.32 Å². The molecule has 104 valence electrons. The second-order valence-electron chi connectivity index (χ2n) is 5.31. The van der Waals surface area contributed by atoms with Crippen molar-refractivity contribution in [2.45, 2.75) is 32.7 Å². The predicted molar refractivity (Wildman–Crippen MR) is 69.7 cm³/mol. The Hall–Kier alpha value is -1.30. The molecule has 5 N–H and O–H groups in total. The molecule has 0 saturated carbocycles. The van der Waals surface area contributed by atoms with Crippen molar-refractivity contribution >= 4 is 11.9 Å². The minimum atomic E-state index is -0.516. The van der Waals surface area contributed by atoms with Gasteiger partial charge in [0.1, 0.15) is 0 Å². The van der Waals surface area contributed by atoms with Crippen LogP contribution in [0.1, 0.15) is 26.7 Å². The maximum atomic E-state index is 12.1. The summed E-state index contributed by atoms with van der Waals surface area (Å²) in [6.07, 6.45) is 1.95. The van der Waals surface area contributed by atoms with E-state index >= 15 is 0 Å². The Morgan fingerprint density at radius 1 is 1.44 bits per heavy atom. The minimum Gasteiger partial charge on any atom is -0.352 e. The van der Waals surface area contributed by atoms with Gasteiger partial charge < -0.3 is 21.7 Å². The fourth-order valence-corrected chi connectivity index (χ4v) is 2.17. The molecule has 0 bridgehead atoms. The number of hydrogen-bond acceptors (Lipinski definition) is 3. The molecule has 6 nitrogen and oxygen atoms in total. The zero-order chi connectivity index (χ0) is 13.7. The van der Waals surface area contributed by atoms with Crippen LogP contribution in [0, 0.1) is 11.8 Å². The van der Waals surface area contributed by atoms with E-state index in [0.29, 0.717) is 13.1 Å². The Morgan fingerprint density at radius 2 is 2.11 bits per heavy atom. The zero-order valence-electron chi connectivity index (χ0n) is 11.2. The van der Waals surface area contributed by atoms with Crippen molar-refractivity contribution in [2.24, 2.45) is 23.3 Å². The summed E-state index contributed by atoms with van der Waals surface area (Å²) in [6, 6.07) is -0.954. The number of primary amides is 1. The van der Waals surface area contributed by atoms with E-state index in [9.17, 15) is 9.59 Å². The molecular weight excluding hydrogens is 232 g/mol. The molecule has 1 unspecified atom stereocenters. The lowest BCUT2D eigenvalue weighted by atomic mass is 9.96. The fraction of sp³-hybridized carbons (Fsp3) is 0.833. The second-order valence-corrected chi connectivity index (χ2v) is 5.31. The Morgan fingerprint density at radius 3 is 2.67 bits per heavy atom. The molecule has 1 heterocycles. The summed E-state index contributed by atoms with van der Waals surface area (Å²) in [5, 5.41) is 2.60. The average Bonchev–Trinajstić information content (AvgIpc) is 2.34. The largest absolute Gasteiger partial charge is 0.352 e. The molecule has 1 aliphatic heterocycles. The lowest BCUT2D eigenvalue weighted by molar-refractivity contribution is -0.135. The highest BCUT2D eigenvalue weighted by Gasteiger charge is 2.28. The van der Waals surface area contributed by atoms with E-state index in [-0.39, 0.29) is 17.7 Å². The average molecular weight is 256 g/mol. The first-order valence-electron chi connectivity index (χ1n) is 6.49. The van der Waals surface area contributed by atoms with Crippen LogP contribution in [0.5, 0.6) is 0 Å². The number of likely N-dealkylation sites (tertiary alicyclic amines) is 1. The summed E-state index contributed by atoms with van der Waals surface area (Å²) in [7, 11) is 0. The molecular formula is C12H24N4O2. The van der Waals surface area contributed by atoms with Gasteiger partial charge in [0, 0.05) is 19.6 Å². The van der Waals surface area contributed by atoms with Gasteiger partial charge >= 0.3 is 6.03 Å². The van der Waals surface area contributed by atoms with E-state index in [1.54, 1.807) is 0 Å². The van der Waals surface area contributed by atoms with Gasteiger partial charge in [0.25, 0.3) is 0 Å². The van der Waals surface area contributed by atoms with Gasteiger partial charge in [-0.05, 0) is 24.7 Å². The van der Waals surface area contributed by atoms with E-state index < -0.39 is 12.1 Å². The molecule has 1 aliphatic rings. The normalized spacial score (nSPS) is 21.8. The number of amides is 3. The summed E-state index contributed by atoms with van der Waals surface area (Å²) in [4.78, 5) is 24.6. The molecule has 1 rings (SSSR count). The van der Waals surface area contributed by atoms with E-state index in [0.717, 1.165) is 19.4 Å². The third kappa shape index (κ3) is 4.18. The molecule has 0 radical (unpaired) electrons. The molecule has 6 heteroatoms. The monoisotopic (exact) mass is 256 g/mol. The Labute approximate surface area is 108 Å². The number of nitrogens with one attached hydrogen (secondary N) is 1. The number of carbonyl (C=O) groups excluding carboxylic acids is 2. The van der Waals surface area contributed by atoms with Gasteiger partial charge in [0.05, 0.1) is 6.04 Å². The fourth-order valence-electron chi connectivity index (χ4n) is 2.17. The van der Waals surface area contributed by atoms with Gasteiger partial charge in [0.15, 0.2) is 0 Å². The van der Waals surface area contributed by atoms with Crippen molar-refractivity contribution < 1.29 is 9.59 Å². The Balaban J connectivity index is 2.47. The van der Waals surface area contributed by atoms with Crippen LogP contribution >= 0.6 is 0 Å². The van der Waals surface area contributed by atoms with Gasteiger partial charge in [-0.25, -0.2) is 4.79 Å². The molecule has 0 aromatic heterocycles. The maximum absolute atomic E-state index is 12.1. The Kier molecular flexibility index (Phi) is 5.40. The maximum Gasteiger partial charge on any atom is 0.312 e. The van der Waals surface area contributed by atoms with Crippen molar-refractivity contribution in [2.75, 3.05) is 19.6 Å². The highest BCUT2D eigenvalue weighted by atomic mass is 16.2. The standard InChI is InChI=1S/C12H24N4O2/c1-8(2)10(13)11(17)16-5-3-4-9(7-16)6-15-12(14)18/h8-10H,3-7,13H2,1-2H3,(H3,14,15,18)/t9?,10-/m0/s1. The molecule has 0 spiro atoms. The van der Waals surface area contributed by atoms with Gasteiger partial charge in [-0.3, -0.25) is 4.79 Å². The smallest absolute Gasteiger partial charge is 0.312 e. The Bertz CT molecular complexity index is 306. The highest BCUT2D eigenvalue weighted by molar-refractivity contribution is 5.82. The first-order valence-corrected chi connectivity index (χ1v) is 6.49. The van der Waals surface area contributed by atoms with Crippen molar-refractivity contribution in [3.05, 3.63) is 0 Å². The number of carbonyl (C=O) groups is 2. The number of rotatable bonds is 4. The van der Waals surface area contributed by atoms with Crippen molar-refractivity contribution in [3.63, 3.8) is 0 Å². The third-order valence-corrected chi connectivity index (χ3v) is 3.40. The summed E-state index contributed by atoms with van der Waals surface area (Å²) in [5.41, 5.74) is 10.9. The zero-order valence-corrected chi connectivity index (χ0v) is 11.2. The first kappa shape index (κ1) is 14.8. The minimum absolute atomic E-state index is 0.00813. The predicted octanol–water partition coefficient (Wildman–Crippen LogP) is -0.123. The molecule has 3 amide bonds. The van der Waals surface area contributed by atoms with Crippen LogP contribution in [-0.2, 0) is 4.79 Å². The summed E-state index contributed by atoms with van der Waals surface area (Å²) >= 11 is 0. The third-order valence-electron chi connectivity index (χ3n) is 3.40. The molecule has 0 aromatic carbocycles. The van der Waals surface area contributed by atoms with Crippen molar-refractivity contribution in [3.8, 4) is 0 Å². The van der Waals surface area contributed by atoms with Crippen LogP contribution in [0.15, 0.2) is 0 Å². The number of hydrogen-bond donors (Lipinski definition) is 3. The molecule has 1 fully saturated rings. The van der Waals surface area contributed by atoms with E-state index in [4.69, 9.17) is 11.5 Å². The molecule has 2 atom stereocenters. The van der Waals surface area contributed by atoms with Gasteiger partial charge in [-0.1, -0.05) is 13.8 Å². The van der Waals surface area contributed by atoms with E-state index in [1.165, 1.54) is 0 Å². The first-order chi connectivity index (χ1) is 8.41. The van der Waals surface area contributed by atoms with Crippen LogP contribution in [0.25, 0.3) is 0 Å². The second kappa shape index (κ2) is 6.58. The van der Waals surface area contributed by atoms with Crippen LogP contribution in [0.3, 0.4) is 0 Å². The lowest BCUT2D eigenvalue weighted by Gasteiger charge is -2.35.